The number of methoxy groups -OCH3 is 1. The van der Waals surface area contributed by atoms with E-state index in [1.54, 1.807) is 24.8 Å². The highest BCUT2D eigenvalue weighted by molar-refractivity contribution is 8.02. The molecule has 0 N–H and O–H groups in total. The first-order valence-corrected chi connectivity index (χ1v) is 10.1. The number of Topliss-reactive ketones (excluding diaryl/α,β-unsaturated/α-hetero) is 1. The second-order valence-corrected chi connectivity index (χ2v) is 7.11. The molecule has 2 aromatic carbocycles. The van der Waals surface area contributed by atoms with Gasteiger partial charge in [-0.1, -0.05) is 36.4 Å². The second kappa shape index (κ2) is 9.46. The molecule has 146 valence electrons. The highest BCUT2D eigenvalue weighted by atomic mass is 32.2. The van der Waals surface area contributed by atoms with Crippen molar-refractivity contribution in [1.82, 2.24) is 0 Å². The Kier molecular flexibility index (Phi) is 6.76. The molecule has 5 nitrogen and oxygen atoms in total. The summed E-state index contributed by atoms with van der Waals surface area (Å²) in [7, 11) is 1.50. The van der Waals surface area contributed by atoms with Crippen LogP contribution in [0.15, 0.2) is 53.9 Å². The monoisotopic (exact) mass is 398 g/mol. The Hall–Kier alpha value is -2.73. The third kappa shape index (κ3) is 4.57. The third-order valence-corrected chi connectivity index (χ3v) is 5.22. The molecule has 3 rings (SSSR count). The number of esters is 1. The van der Waals surface area contributed by atoms with Crippen LogP contribution in [0.2, 0.25) is 0 Å². The highest BCUT2D eigenvalue weighted by Crippen LogP contribution is 2.34. The lowest BCUT2D eigenvalue weighted by Crippen LogP contribution is -2.18. The van der Waals surface area contributed by atoms with E-state index < -0.39 is 5.97 Å². The minimum Gasteiger partial charge on any atom is -0.493 e. The molecule has 0 saturated heterocycles. The molecule has 0 saturated carbocycles. The number of carbonyl (C=O) groups is 2. The number of carbonyl (C=O) groups excluding carboxylic acids is 2. The standard InChI is InChI=1S/C22H22O5S/c1-3-26-22(24)18-12-19(25-2)20(27-13-15-7-5-4-6-8-15)11-17(18)21(23)16-9-10-28-14-16/h4-12,16H,3,13-14H2,1-2H3. The van der Waals surface area contributed by atoms with E-state index in [4.69, 9.17) is 14.2 Å². The van der Waals surface area contributed by atoms with Gasteiger partial charge in [-0.2, -0.15) is 0 Å². The Morgan fingerprint density at radius 3 is 2.50 bits per heavy atom. The number of ketones is 1. The zero-order valence-corrected chi connectivity index (χ0v) is 16.7. The number of hydrogen-bond donors (Lipinski definition) is 0. The van der Waals surface area contributed by atoms with Gasteiger partial charge in [0.25, 0.3) is 0 Å². The van der Waals surface area contributed by atoms with E-state index in [0.717, 1.165) is 5.56 Å². The van der Waals surface area contributed by atoms with Crippen LogP contribution in [0.5, 0.6) is 11.5 Å². The fourth-order valence-electron chi connectivity index (χ4n) is 2.88. The summed E-state index contributed by atoms with van der Waals surface area (Å²) < 4.78 is 16.4. The molecule has 0 aromatic heterocycles. The second-order valence-electron chi connectivity index (χ2n) is 6.18. The number of allylic oxidation sites excluding steroid dienone is 1. The van der Waals surface area contributed by atoms with Crippen LogP contribution in [0.3, 0.4) is 0 Å². The maximum atomic E-state index is 13.0. The van der Waals surface area contributed by atoms with Crippen LogP contribution in [-0.4, -0.2) is 31.2 Å². The minimum atomic E-state index is -0.548. The van der Waals surface area contributed by atoms with E-state index >= 15 is 0 Å². The van der Waals surface area contributed by atoms with Gasteiger partial charge < -0.3 is 14.2 Å². The van der Waals surface area contributed by atoms with Crippen molar-refractivity contribution in [3.8, 4) is 11.5 Å². The number of hydrogen-bond acceptors (Lipinski definition) is 6. The summed E-state index contributed by atoms with van der Waals surface area (Å²) in [6, 6.07) is 12.8. The Bertz CT molecular complexity index is 876. The van der Waals surface area contributed by atoms with Crippen LogP contribution in [0, 0.1) is 5.92 Å². The number of ether oxygens (including phenoxy) is 3. The van der Waals surface area contributed by atoms with Gasteiger partial charge in [0.2, 0.25) is 0 Å². The summed E-state index contributed by atoms with van der Waals surface area (Å²) in [6.45, 7) is 2.27. The summed E-state index contributed by atoms with van der Waals surface area (Å²) >= 11 is 1.58. The zero-order valence-electron chi connectivity index (χ0n) is 15.8. The SMILES string of the molecule is CCOC(=O)c1cc(OC)c(OCc2ccccc2)cc1C(=O)C1C=CSC1. The van der Waals surface area contributed by atoms with Crippen molar-refractivity contribution in [2.24, 2.45) is 5.92 Å². The predicted molar refractivity (Wildman–Crippen MR) is 109 cm³/mol. The topological polar surface area (TPSA) is 61.8 Å². The molecular formula is C22H22O5S. The van der Waals surface area contributed by atoms with Gasteiger partial charge in [0.15, 0.2) is 17.3 Å². The van der Waals surface area contributed by atoms with Crippen molar-refractivity contribution in [2.75, 3.05) is 19.5 Å². The fourth-order valence-corrected chi connectivity index (χ4v) is 3.76. The summed E-state index contributed by atoms with van der Waals surface area (Å²) in [5, 5.41) is 1.91. The van der Waals surface area contributed by atoms with Crippen molar-refractivity contribution in [2.45, 2.75) is 13.5 Å². The maximum absolute atomic E-state index is 13.0. The molecule has 1 aliphatic rings. The van der Waals surface area contributed by atoms with Crippen LogP contribution in [0.25, 0.3) is 0 Å². The van der Waals surface area contributed by atoms with Gasteiger partial charge in [0.05, 0.1) is 25.2 Å². The molecule has 1 aliphatic heterocycles. The van der Waals surface area contributed by atoms with E-state index in [1.807, 2.05) is 41.8 Å². The molecule has 1 atom stereocenters. The molecule has 2 aromatic rings. The Labute approximate surface area is 168 Å². The van der Waals surface area contributed by atoms with Gasteiger partial charge in [-0.3, -0.25) is 4.79 Å². The van der Waals surface area contributed by atoms with Gasteiger partial charge in [-0.25, -0.2) is 4.79 Å². The van der Waals surface area contributed by atoms with E-state index in [2.05, 4.69) is 0 Å². The fraction of sp³-hybridized carbons (Fsp3) is 0.273. The van der Waals surface area contributed by atoms with Gasteiger partial charge in [0, 0.05) is 11.3 Å². The predicted octanol–water partition coefficient (Wildman–Crippen LogP) is 4.51. The molecule has 0 fully saturated rings. The first kappa shape index (κ1) is 20.0. The Balaban J connectivity index is 1.97. The number of rotatable bonds is 8. The summed E-state index contributed by atoms with van der Waals surface area (Å²) in [5.74, 6) is 0.510. The van der Waals surface area contributed by atoms with Gasteiger partial charge in [-0.05, 0) is 30.0 Å². The first-order valence-electron chi connectivity index (χ1n) is 9.02. The van der Waals surface area contributed by atoms with Crippen LogP contribution in [0.4, 0.5) is 0 Å². The average molecular weight is 398 g/mol. The lowest BCUT2D eigenvalue weighted by Gasteiger charge is -2.16. The quantitative estimate of drug-likeness (QED) is 0.482. The Morgan fingerprint density at radius 1 is 1.11 bits per heavy atom. The summed E-state index contributed by atoms with van der Waals surface area (Å²) in [4.78, 5) is 25.5. The van der Waals surface area contributed by atoms with Crippen molar-refractivity contribution in [3.05, 3.63) is 70.6 Å². The van der Waals surface area contributed by atoms with Gasteiger partial charge >= 0.3 is 5.97 Å². The molecule has 0 aliphatic carbocycles. The molecule has 0 bridgehead atoms. The Morgan fingerprint density at radius 2 is 1.86 bits per heavy atom. The molecule has 0 radical (unpaired) electrons. The van der Waals surface area contributed by atoms with Gasteiger partial charge in [0.1, 0.15) is 6.61 Å². The average Bonchev–Trinajstić information content (AvgIpc) is 3.27. The normalized spacial score (nSPS) is 15.3. The van der Waals surface area contributed by atoms with E-state index in [-0.39, 0.29) is 23.9 Å². The maximum Gasteiger partial charge on any atom is 0.338 e. The number of benzene rings is 2. The summed E-state index contributed by atoms with van der Waals surface area (Å²) in [6.07, 6.45) is 1.86. The molecule has 0 spiro atoms. The third-order valence-electron chi connectivity index (χ3n) is 4.32. The highest BCUT2D eigenvalue weighted by Gasteiger charge is 2.28. The van der Waals surface area contributed by atoms with Crippen LogP contribution >= 0.6 is 11.8 Å². The smallest absolute Gasteiger partial charge is 0.338 e. The van der Waals surface area contributed by atoms with E-state index in [0.29, 0.717) is 29.4 Å². The molecular weight excluding hydrogens is 376 g/mol. The van der Waals surface area contributed by atoms with Crippen molar-refractivity contribution in [3.63, 3.8) is 0 Å². The van der Waals surface area contributed by atoms with Crippen LogP contribution in [0.1, 0.15) is 33.2 Å². The zero-order chi connectivity index (χ0) is 19.9. The molecule has 6 heteroatoms. The van der Waals surface area contributed by atoms with Crippen molar-refractivity contribution >= 4 is 23.5 Å². The lowest BCUT2D eigenvalue weighted by atomic mass is 9.94. The van der Waals surface area contributed by atoms with E-state index in [1.165, 1.54) is 13.2 Å². The first-order chi connectivity index (χ1) is 13.6. The van der Waals surface area contributed by atoms with Crippen molar-refractivity contribution in [1.29, 1.82) is 0 Å². The van der Waals surface area contributed by atoms with Crippen LogP contribution < -0.4 is 9.47 Å². The molecule has 1 heterocycles. The van der Waals surface area contributed by atoms with E-state index in [9.17, 15) is 9.59 Å². The number of thioether (sulfide) groups is 1. The summed E-state index contributed by atoms with van der Waals surface area (Å²) in [5.41, 5.74) is 1.47. The van der Waals surface area contributed by atoms with Crippen molar-refractivity contribution < 1.29 is 23.8 Å². The molecule has 28 heavy (non-hydrogen) atoms. The largest absolute Gasteiger partial charge is 0.493 e. The minimum absolute atomic E-state index is 0.128. The van der Waals surface area contributed by atoms with Gasteiger partial charge in [-0.15, -0.1) is 11.8 Å². The molecule has 1 unspecified atom stereocenters. The lowest BCUT2D eigenvalue weighted by molar-refractivity contribution is 0.0522. The molecule has 0 amide bonds. The van der Waals surface area contributed by atoms with Crippen LogP contribution in [-0.2, 0) is 11.3 Å².